The van der Waals surface area contributed by atoms with Crippen LogP contribution in [0.3, 0.4) is 0 Å². The van der Waals surface area contributed by atoms with Gasteiger partial charge in [-0.25, -0.2) is 4.78 Å². The van der Waals surface area contributed by atoms with E-state index in [1.54, 1.807) is 0 Å². The maximum absolute atomic E-state index is 8.51. The van der Waals surface area contributed by atoms with Crippen molar-refractivity contribution in [3.8, 4) is 0 Å². The Kier molecular flexibility index (Phi) is 12.7. The maximum Gasteiger partial charge on any atom is 0.196 e. The Labute approximate surface area is 113 Å². The lowest BCUT2D eigenvalue weighted by molar-refractivity contribution is 0.647. The molecule has 1 N–H and O–H groups in total. The van der Waals surface area contributed by atoms with Crippen LogP contribution in [-0.2, 0) is 11.5 Å². The van der Waals surface area contributed by atoms with Gasteiger partial charge in [0.25, 0.3) is 0 Å². The van der Waals surface area contributed by atoms with Gasteiger partial charge in [0.1, 0.15) is 8.64 Å². The Morgan fingerprint density at radius 2 is 1.20 bits per heavy atom. The van der Waals surface area contributed by atoms with Crippen molar-refractivity contribution in [2.45, 2.75) is 0 Å². The fourth-order valence-electron chi connectivity index (χ4n) is 0.220. The van der Waals surface area contributed by atoms with Crippen molar-refractivity contribution in [1.82, 2.24) is 9.80 Å². The van der Waals surface area contributed by atoms with Crippen LogP contribution in [0, 0.1) is 4.78 Å². The van der Waals surface area contributed by atoms with Crippen molar-refractivity contribution in [1.29, 1.82) is 4.78 Å². The van der Waals surface area contributed by atoms with E-state index < -0.39 is 0 Å². The van der Waals surface area contributed by atoms with E-state index in [9.17, 15) is 0 Å². The number of thiocarbonyl (C=S) groups is 2. The van der Waals surface area contributed by atoms with Gasteiger partial charge in [0.15, 0.2) is 11.5 Å². The van der Waals surface area contributed by atoms with Gasteiger partial charge < -0.3 is 9.80 Å². The Balaban J connectivity index is 0. The zero-order valence-electron chi connectivity index (χ0n) is 8.84. The molecule has 0 aromatic rings. The van der Waals surface area contributed by atoms with Crippen molar-refractivity contribution in [2.24, 2.45) is 0 Å². The highest BCUT2D eigenvalue weighted by atomic mass is 33.1. The molecule has 0 aliphatic heterocycles. The minimum Gasteiger partial charge on any atom is -0.363 e. The van der Waals surface area contributed by atoms with Gasteiger partial charge >= 0.3 is 0 Å². The molecule has 0 atom stereocenters. The number of nitrogens with one attached hydrogen (secondary N) is 1. The molecule has 0 rings (SSSR count). The molecule has 0 unspecified atom stereocenters. The van der Waals surface area contributed by atoms with Crippen LogP contribution in [0.15, 0.2) is 0 Å². The second-order valence-corrected chi connectivity index (χ2v) is 6.13. The Bertz CT molecular complexity index is 229. The van der Waals surface area contributed by atoms with Crippen molar-refractivity contribution < 1.29 is 4.21 Å². The summed E-state index contributed by atoms with van der Waals surface area (Å²) in [6, 6.07) is 0. The Morgan fingerprint density at radius 1 is 1.00 bits per heavy atom. The first-order valence-corrected chi connectivity index (χ1v) is 7.30. The molecule has 0 radical (unpaired) electrons. The highest BCUT2D eigenvalue weighted by Crippen LogP contribution is 2.26. The molecule has 0 amide bonds. The number of rotatable bonds is 0. The van der Waals surface area contributed by atoms with E-state index in [-0.39, 0.29) is 11.5 Å². The second kappa shape index (κ2) is 10.8. The molecule has 0 fully saturated rings. The highest BCUT2D eigenvalue weighted by Gasteiger charge is 2.04. The van der Waals surface area contributed by atoms with Gasteiger partial charge in [-0.2, -0.15) is 4.21 Å². The van der Waals surface area contributed by atoms with Gasteiger partial charge in [0.2, 0.25) is 0 Å². The summed E-state index contributed by atoms with van der Waals surface area (Å²) in [5, 5.41) is 0. The van der Waals surface area contributed by atoms with Gasteiger partial charge in [-0.15, -0.1) is 0 Å². The van der Waals surface area contributed by atoms with E-state index in [2.05, 4.69) is 0 Å². The van der Waals surface area contributed by atoms with Gasteiger partial charge in [-0.3, -0.25) is 0 Å². The molecule has 15 heavy (non-hydrogen) atoms. The van der Waals surface area contributed by atoms with Crippen LogP contribution >= 0.6 is 46.0 Å². The van der Waals surface area contributed by atoms with Crippen LogP contribution < -0.4 is 0 Å². The van der Waals surface area contributed by atoms with E-state index in [1.165, 1.54) is 21.6 Å². The number of nitrogens with zero attached hydrogens (tertiary/aromatic N) is 2. The molecule has 0 aliphatic rings. The van der Waals surface area contributed by atoms with Gasteiger partial charge in [-0.1, -0.05) is 24.4 Å². The fraction of sp³-hybridized carbons (Fsp3) is 0.667. The summed E-state index contributed by atoms with van der Waals surface area (Å²) in [4.78, 5) is 3.79. The van der Waals surface area contributed by atoms with Gasteiger partial charge in [0.05, 0.1) is 0 Å². The van der Waals surface area contributed by atoms with Crippen LogP contribution in [-0.4, -0.2) is 50.8 Å². The third kappa shape index (κ3) is 12.2. The van der Waals surface area contributed by atoms with Crippen molar-refractivity contribution in [3.63, 3.8) is 0 Å². The molecule has 0 heterocycles. The fourth-order valence-corrected chi connectivity index (χ4v) is 2.60. The maximum atomic E-state index is 8.51. The van der Waals surface area contributed by atoms with Crippen LogP contribution in [0.2, 0.25) is 0 Å². The highest BCUT2D eigenvalue weighted by molar-refractivity contribution is 8.89. The van der Waals surface area contributed by atoms with E-state index >= 15 is 0 Å². The lowest BCUT2D eigenvalue weighted by atomic mass is 11.0. The average molecular weight is 304 g/mol. The van der Waals surface area contributed by atoms with Crippen LogP contribution in [0.5, 0.6) is 0 Å². The minimum absolute atomic E-state index is 0.250. The minimum atomic E-state index is -0.250. The molecule has 88 valence electrons. The van der Waals surface area contributed by atoms with Crippen LogP contribution in [0.25, 0.3) is 0 Å². The number of hydrogen-bond donors (Lipinski definition) is 1. The molecule has 0 aromatic carbocycles. The van der Waals surface area contributed by atoms with Crippen molar-refractivity contribution in [2.75, 3.05) is 28.2 Å². The van der Waals surface area contributed by atoms with Gasteiger partial charge in [0, 0.05) is 28.2 Å². The zero-order chi connectivity index (χ0) is 12.4. The Morgan fingerprint density at radius 3 is 1.33 bits per heavy atom. The molecule has 4 nitrogen and oxygen atoms in total. The smallest absolute Gasteiger partial charge is 0.196 e. The van der Waals surface area contributed by atoms with Crippen molar-refractivity contribution in [3.05, 3.63) is 0 Å². The molecule has 9 heteroatoms. The second-order valence-electron chi connectivity index (χ2n) is 2.57. The molecule has 0 aliphatic carbocycles. The van der Waals surface area contributed by atoms with E-state index in [0.29, 0.717) is 0 Å². The first-order valence-electron chi connectivity index (χ1n) is 3.59. The summed E-state index contributed by atoms with van der Waals surface area (Å²) >= 11 is 9.90. The van der Waals surface area contributed by atoms with E-state index in [1.807, 2.05) is 38.0 Å². The Hall–Kier alpha value is 0.300. The predicted molar refractivity (Wildman–Crippen MR) is 78.6 cm³/mol. The van der Waals surface area contributed by atoms with Gasteiger partial charge in [-0.05, 0) is 21.6 Å². The SMILES string of the molecule is CN(C)C(=S)SSC(=S)N(C)C.N=S=O. The third-order valence-electron chi connectivity index (χ3n) is 0.915. The monoisotopic (exact) mass is 303 g/mol. The molecule has 0 aromatic heterocycles. The first kappa shape index (κ1) is 17.7. The molecule has 0 saturated carbocycles. The standard InChI is InChI=1S/C6H12N2S4.HNOS/c1-7(2)5(9)11-12-6(10)8(3)4;1-3-2/h1-4H3;1H. The van der Waals surface area contributed by atoms with Crippen molar-refractivity contribution >= 4 is 66.1 Å². The summed E-state index contributed by atoms with van der Waals surface area (Å²) in [5.41, 5.74) is 0. The predicted octanol–water partition coefficient (Wildman–Crippen LogP) is 2.02. The van der Waals surface area contributed by atoms with E-state index in [4.69, 9.17) is 33.4 Å². The van der Waals surface area contributed by atoms with E-state index in [0.717, 1.165) is 8.64 Å². The normalized spacial score (nSPS) is 8.27. The molecule has 0 bridgehead atoms. The lowest BCUT2D eigenvalue weighted by Gasteiger charge is -2.15. The molecular weight excluding hydrogens is 290 g/mol. The summed E-state index contributed by atoms with van der Waals surface area (Å²) in [7, 11) is 10.7. The molecular formula is C6H13N3OS5. The van der Waals surface area contributed by atoms with Crippen LogP contribution in [0.4, 0.5) is 0 Å². The average Bonchev–Trinajstić information content (AvgIpc) is 2.14. The van der Waals surface area contributed by atoms with Crippen LogP contribution in [0.1, 0.15) is 0 Å². The summed E-state index contributed by atoms with van der Waals surface area (Å²) < 4.78 is 15.8. The summed E-state index contributed by atoms with van der Waals surface area (Å²) in [6.45, 7) is 0. The lowest BCUT2D eigenvalue weighted by Crippen LogP contribution is -2.18. The topological polar surface area (TPSA) is 47.4 Å². The number of hydrogen-bond acceptors (Lipinski definition) is 6. The zero-order valence-corrected chi connectivity index (χ0v) is 12.9. The first-order chi connectivity index (χ1) is 6.86. The summed E-state index contributed by atoms with van der Waals surface area (Å²) in [5.74, 6) is 0. The largest absolute Gasteiger partial charge is 0.363 e. The molecule has 0 saturated heterocycles. The third-order valence-corrected chi connectivity index (χ3v) is 5.07. The molecule has 0 spiro atoms. The summed E-state index contributed by atoms with van der Waals surface area (Å²) in [6.07, 6.45) is 0. The quantitative estimate of drug-likeness (QED) is 0.542.